The van der Waals surface area contributed by atoms with E-state index in [1.165, 1.54) is 0 Å². The fourth-order valence-electron chi connectivity index (χ4n) is 1.78. The van der Waals surface area contributed by atoms with Crippen LogP contribution in [0.3, 0.4) is 0 Å². The largest absolute Gasteiger partial charge is 0.375 e. The minimum Gasteiger partial charge on any atom is -0.375 e. The first kappa shape index (κ1) is 16.2. The third kappa shape index (κ3) is 3.16. The number of nitrogens with zero attached hydrogens (tertiary/aromatic N) is 1. The number of hydrogen-bond acceptors (Lipinski definition) is 1. The third-order valence-corrected chi connectivity index (χ3v) is 3.67. The van der Waals surface area contributed by atoms with Crippen molar-refractivity contribution in [3.63, 3.8) is 0 Å². The van der Waals surface area contributed by atoms with Crippen molar-refractivity contribution < 1.29 is 32.7 Å². The maximum Gasteiger partial charge on any atom is 0.0169 e. The number of hydrogen-bond donors (Lipinski definition) is 0. The topological polar surface area (TPSA) is 3.24 Å². The predicted octanol–water partition coefficient (Wildman–Crippen LogP) is 4.61. The van der Waals surface area contributed by atoms with E-state index in [-0.39, 0.29) is 32.7 Å². The first-order valence-corrected chi connectivity index (χ1v) is 6.53. The summed E-state index contributed by atoms with van der Waals surface area (Å²) < 4.78 is 0.954. The molecule has 18 heavy (non-hydrogen) atoms. The molecule has 0 aromatic heterocycles. The average Bonchev–Trinajstić information content (AvgIpc) is 2.33. The van der Waals surface area contributed by atoms with Gasteiger partial charge >= 0.3 is 0 Å². The summed E-state index contributed by atoms with van der Waals surface area (Å²) in [6, 6.07) is 7.77. The Kier molecular flexibility index (Phi) is 6.33. The molecule has 0 saturated heterocycles. The molecule has 1 aromatic rings. The second-order valence-electron chi connectivity index (χ2n) is 3.66. The normalized spacial score (nSPS) is 14.8. The molecule has 0 fully saturated rings. The number of halogens is 2. The van der Waals surface area contributed by atoms with E-state index in [4.69, 9.17) is 11.6 Å². The molecule has 0 N–H and O–H groups in total. The van der Waals surface area contributed by atoms with E-state index in [1.807, 2.05) is 30.3 Å². The molecule has 1 heterocycles. The van der Waals surface area contributed by atoms with E-state index < -0.39 is 0 Å². The Labute approximate surface area is 147 Å². The summed E-state index contributed by atoms with van der Waals surface area (Å²) in [4.78, 5) is 2.09. The molecule has 1 radical (unpaired) electrons. The molecule has 1 aliphatic heterocycles. The Morgan fingerprint density at radius 2 is 2.06 bits per heavy atom. The summed E-state index contributed by atoms with van der Waals surface area (Å²) >= 11 is 9.68. The molecule has 0 amide bonds. The molecular weight excluding hydrogens is 386 g/mol. The minimum atomic E-state index is 0. The van der Waals surface area contributed by atoms with Crippen LogP contribution in [0.2, 0.25) is 5.02 Å². The van der Waals surface area contributed by atoms with E-state index in [9.17, 15) is 0 Å². The van der Waals surface area contributed by atoms with Crippen molar-refractivity contribution in [2.75, 3.05) is 6.54 Å². The van der Waals surface area contributed by atoms with Gasteiger partial charge in [-0.3, -0.25) is 0 Å². The zero-order chi connectivity index (χ0) is 12.4. The second kappa shape index (κ2) is 7.05. The zero-order valence-electron chi connectivity index (χ0n) is 10.1. The van der Waals surface area contributed by atoms with Gasteiger partial charge < -0.3 is 4.90 Å². The molecule has 0 aliphatic carbocycles. The van der Waals surface area contributed by atoms with Crippen molar-refractivity contribution in [1.82, 2.24) is 4.90 Å². The van der Waals surface area contributed by atoms with Gasteiger partial charge in [0, 0.05) is 39.3 Å². The van der Waals surface area contributed by atoms with Crippen LogP contribution in [0, 0.1) is 6.08 Å². The molecule has 1 aliphatic rings. The van der Waals surface area contributed by atoms with Gasteiger partial charge in [-0.1, -0.05) is 52.1 Å². The Hall–Kier alpha value is 0.114. The van der Waals surface area contributed by atoms with E-state index in [2.05, 4.69) is 40.4 Å². The first-order valence-electron chi connectivity index (χ1n) is 5.36. The molecule has 0 unspecified atom stereocenters. The maximum atomic E-state index is 6.21. The van der Waals surface area contributed by atoms with E-state index >= 15 is 0 Å². The van der Waals surface area contributed by atoms with Crippen molar-refractivity contribution in [2.24, 2.45) is 0 Å². The molecule has 0 saturated carbocycles. The van der Waals surface area contributed by atoms with Crippen LogP contribution in [-0.2, 0) is 32.7 Å². The molecular formula is C14H12BrClNY-. The minimum absolute atomic E-state index is 0. The van der Waals surface area contributed by atoms with Crippen molar-refractivity contribution in [3.05, 3.63) is 63.8 Å². The quantitative estimate of drug-likeness (QED) is 0.658. The standard InChI is InChI=1S/C14H12BrClN.Y/c1-3-17-10(2)12(15)8-9-14(17)11-6-4-5-7-13(11)16;/h4-8H,2-3H2,1H3;/q-1;. The first-order chi connectivity index (χ1) is 8.15. The van der Waals surface area contributed by atoms with Crippen molar-refractivity contribution in [2.45, 2.75) is 6.92 Å². The van der Waals surface area contributed by atoms with Gasteiger partial charge in [0.1, 0.15) is 0 Å². The van der Waals surface area contributed by atoms with Crippen molar-refractivity contribution in [3.8, 4) is 0 Å². The third-order valence-electron chi connectivity index (χ3n) is 2.65. The van der Waals surface area contributed by atoms with E-state index in [0.717, 1.165) is 33.0 Å². The van der Waals surface area contributed by atoms with Crippen LogP contribution in [-0.4, -0.2) is 11.4 Å². The van der Waals surface area contributed by atoms with Gasteiger partial charge in [0.15, 0.2) is 0 Å². The van der Waals surface area contributed by atoms with Gasteiger partial charge in [0.05, 0.1) is 0 Å². The van der Waals surface area contributed by atoms with Gasteiger partial charge in [0.2, 0.25) is 0 Å². The fraction of sp³-hybridized carbons (Fsp3) is 0.143. The molecule has 91 valence electrons. The Bertz CT molecular complexity index is 522. The monoisotopic (exact) mass is 397 g/mol. The molecule has 1 nitrogen and oxygen atoms in total. The van der Waals surface area contributed by atoms with Crippen molar-refractivity contribution in [1.29, 1.82) is 0 Å². The van der Waals surface area contributed by atoms with Crippen LogP contribution in [0.5, 0.6) is 0 Å². The summed E-state index contributed by atoms with van der Waals surface area (Å²) in [5, 5.41) is 0.729. The van der Waals surface area contributed by atoms with Crippen LogP contribution in [0.15, 0.2) is 47.1 Å². The smallest absolute Gasteiger partial charge is 0.0169 e. The number of rotatable bonds is 2. The van der Waals surface area contributed by atoms with Gasteiger partial charge in [-0.2, -0.15) is 12.2 Å². The summed E-state index contributed by atoms with van der Waals surface area (Å²) in [7, 11) is 0. The number of allylic oxidation sites excluding steroid dienone is 3. The molecule has 1 aromatic carbocycles. The van der Waals surface area contributed by atoms with Crippen LogP contribution >= 0.6 is 27.5 Å². The van der Waals surface area contributed by atoms with E-state index in [1.54, 1.807) is 0 Å². The Morgan fingerprint density at radius 3 is 2.67 bits per heavy atom. The zero-order valence-corrected chi connectivity index (χ0v) is 15.3. The molecule has 0 bridgehead atoms. The van der Waals surface area contributed by atoms with Gasteiger partial charge in [-0.15, -0.1) is 22.0 Å². The predicted molar refractivity (Wildman–Crippen MR) is 76.6 cm³/mol. The Balaban J connectivity index is 0.00000162. The maximum absolute atomic E-state index is 6.21. The number of likely N-dealkylation sites (N-methyl/N-ethyl adjacent to an activating group) is 1. The van der Waals surface area contributed by atoms with Crippen LogP contribution in [0.25, 0.3) is 5.70 Å². The summed E-state index contributed by atoms with van der Waals surface area (Å²) in [6.45, 7) is 6.97. The molecule has 4 heteroatoms. The van der Waals surface area contributed by atoms with Crippen molar-refractivity contribution >= 4 is 33.2 Å². The van der Waals surface area contributed by atoms with Gasteiger partial charge in [-0.05, 0) is 17.6 Å². The van der Waals surface area contributed by atoms with E-state index in [0.29, 0.717) is 0 Å². The SMILES string of the molecule is C=C1C(Br)=C[C-]=C(c2ccccc2Cl)N1CC.[Y]. The summed E-state index contributed by atoms with van der Waals surface area (Å²) in [5.41, 5.74) is 2.88. The second-order valence-corrected chi connectivity index (χ2v) is 4.92. The number of benzene rings is 1. The van der Waals surface area contributed by atoms with Crippen LogP contribution in [0.1, 0.15) is 12.5 Å². The Morgan fingerprint density at radius 1 is 1.39 bits per heavy atom. The summed E-state index contributed by atoms with van der Waals surface area (Å²) in [6.07, 6.45) is 5.13. The fourth-order valence-corrected chi connectivity index (χ4v) is 2.34. The molecule has 2 rings (SSSR count). The van der Waals surface area contributed by atoms with Gasteiger partial charge in [-0.25, -0.2) is 0 Å². The van der Waals surface area contributed by atoms with Gasteiger partial charge in [0.25, 0.3) is 0 Å². The average molecular weight is 399 g/mol. The van der Waals surface area contributed by atoms with Crippen LogP contribution < -0.4 is 0 Å². The summed E-state index contributed by atoms with van der Waals surface area (Å²) in [5.74, 6) is 0. The van der Waals surface area contributed by atoms with Crippen LogP contribution in [0.4, 0.5) is 0 Å². The molecule has 0 atom stereocenters. The molecule has 0 spiro atoms.